The quantitative estimate of drug-likeness (QED) is 0.290. The lowest BCUT2D eigenvalue weighted by molar-refractivity contribution is -0.134. The monoisotopic (exact) mass is 513 g/mol. The van der Waals surface area contributed by atoms with Crippen LogP contribution in [0.2, 0.25) is 0 Å². The lowest BCUT2D eigenvalue weighted by atomic mass is 10.2. The molecule has 0 saturated carbocycles. The summed E-state index contributed by atoms with van der Waals surface area (Å²) in [6.45, 7) is 10.9. The lowest BCUT2D eigenvalue weighted by Gasteiger charge is -2.27. The van der Waals surface area contributed by atoms with E-state index in [2.05, 4.69) is 27.4 Å². The molecule has 1 aromatic carbocycles. The van der Waals surface area contributed by atoms with Crippen molar-refractivity contribution in [1.82, 2.24) is 15.1 Å². The molecule has 2 heterocycles. The van der Waals surface area contributed by atoms with Crippen LogP contribution in [0.4, 0.5) is 5.69 Å². The fraction of sp³-hybridized carbons (Fsp3) is 0.571. The fourth-order valence-corrected chi connectivity index (χ4v) is 4.25. The van der Waals surface area contributed by atoms with Crippen molar-refractivity contribution in [3.8, 4) is 11.5 Å². The standard InChI is InChI=1S/C28H43N5O4/c1-4-8-27(29-12-11-23(2)30-22-28(34)33-16-19-36-20-17-33)31-24-9-10-25(35-3)26(21-24)37-18-7-15-32-13-5-6-14-32/h8-12,21,30-31H,4-7,13-20,22H2,1-3H3/b23-11+,27-8-,29-12-. The molecular weight excluding hydrogens is 470 g/mol. The Morgan fingerprint density at radius 2 is 1.95 bits per heavy atom. The van der Waals surface area contributed by atoms with Gasteiger partial charge in [-0.3, -0.25) is 4.79 Å². The number of nitrogens with one attached hydrogen (secondary N) is 2. The number of amides is 1. The number of carbonyl (C=O) groups excluding carboxylic acids is 1. The van der Waals surface area contributed by atoms with Gasteiger partial charge in [0.25, 0.3) is 0 Å². The van der Waals surface area contributed by atoms with Gasteiger partial charge in [-0.25, -0.2) is 4.99 Å². The highest BCUT2D eigenvalue weighted by atomic mass is 16.5. The SMILES string of the molecule is CC/C=C(/N=C\C=C(/C)NCC(=O)N1CCOCC1)Nc1ccc(OC)c(OCCCN2CCCC2)c1. The minimum Gasteiger partial charge on any atom is -0.493 e. The van der Waals surface area contributed by atoms with Crippen molar-refractivity contribution in [2.45, 2.75) is 39.5 Å². The van der Waals surface area contributed by atoms with E-state index in [1.165, 1.54) is 25.9 Å². The molecule has 3 rings (SSSR count). The molecule has 37 heavy (non-hydrogen) atoms. The molecule has 2 fully saturated rings. The molecule has 204 valence electrons. The van der Waals surface area contributed by atoms with Crippen LogP contribution in [-0.2, 0) is 9.53 Å². The number of hydrogen-bond acceptors (Lipinski definition) is 8. The first-order valence-electron chi connectivity index (χ1n) is 13.4. The van der Waals surface area contributed by atoms with Gasteiger partial charge in [0.15, 0.2) is 11.5 Å². The average molecular weight is 514 g/mol. The summed E-state index contributed by atoms with van der Waals surface area (Å²) in [6, 6.07) is 5.81. The van der Waals surface area contributed by atoms with Crippen LogP contribution in [0.3, 0.4) is 0 Å². The molecule has 1 amide bonds. The molecular formula is C28H43N5O4. The normalized spacial score (nSPS) is 17.3. The van der Waals surface area contributed by atoms with E-state index in [1.807, 2.05) is 42.2 Å². The Labute approximate surface area is 221 Å². The van der Waals surface area contributed by atoms with E-state index in [-0.39, 0.29) is 12.5 Å². The van der Waals surface area contributed by atoms with Gasteiger partial charge in [-0.15, -0.1) is 0 Å². The Bertz CT molecular complexity index is 935. The molecule has 9 heteroatoms. The third-order valence-electron chi connectivity index (χ3n) is 6.33. The number of benzene rings is 1. The number of allylic oxidation sites excluding steroid dienone is 3. The number of ether oxygens (including phenoxy) is 3. The number of aliphatic imine (C=N–C) groups is 1. The molecule has 0 unspecified atom stereocenters. The summed E-state index contributed by atoms with van der Waals surface area (Å²) in [6.07, 6.45) is 10.1. The molecule has 1 aromatic rings. The first-order chi connectivity index (χ1) is 18.1. The Morgan fingerprint density at radius 1 is 1.16 bits per heavy atom. The zero-order valence-corrected chi connectivity index (χ0v) is 22.6. The van der Waals surface area contributed by atoms with E-state index in [1.54, 1.807) is 13.3 Å². The number of anilines is 1. The van der Waals surface area contributed by atoms with Gasteiger partial charge in [0, 0.05) is 43.3 Å². The maximum atomic E-state index is 12.3. The summed E-state index contributed by atoms with van der Waals surface area (Å²) in [5.74, 6) is 2.25. The summed E-state index contributed by atoms with van der Waals surface area (Å²) in [7, 11) is 1.66. The highest BCUT2D eigenvalue weighted by Gasteiger charge is 2.16. The number of nitrogens with zero attached hydrogens (tertiary/aromatic N) is 3. The summed E-state index contributed by atoms with van der Waals surface area (Å²) < 4.78 is 16.9. The average Bonchev–Trinajstić information content (AvgIpc) is 3.44. The van der Waals surface area contributed by atoms with Crippen LogP contribution in [-0.4, -0.2) is 88.1 Å². The van der Waals surface area contributed by atoms with Crippen molar-refractivity contribution in [2.24, 2.45) is 4.99 Å². The number of likely N-dealkylation sites (tertiary alicyclic amines) is 1. The summed E-state index contributed by atoms with van der Waals surface area (Å²) >= 11 is 0. The third kappa shape index (κ3) is 10.1. The van der Waals surface area contributed by atoms with E-state index in [0.29, 0.717) is 38.7 Å². The Hall–Kier alpha value is -3.04. The number of rotatable bonds is 14. The van der Waals surface area contributed by atoms with Crippen LogP contribution in [0, 0.1) is 0 Å². The maximum Gasteiger partial charge on any atom is 0.242 e. The van der Waals surface area contributed by atoms with E-state index < -0.39 is 0 Å². The molecule has 9 nitrogen and oxygen atoms in total. The molecule has 2 aliphatic heterocycles. The Kier molecular flexibility index (Phi) is 12.3. The van der Waals surface area contributed by atoms with Gasteiger partial charge < -0.3 is 34.6 Å². The second-order valence-electron chi connectivity index (χ2n) is 9.21. The highest BCUT2D eigenvalue weighted by Crippen LogP contribution is 2.31. The first kappa shape index (κ1) is 28.5. The summed E-state index contributed by atoms with van der Waals surface area (Å²) in [4.78, 5) is 21.2. The lowest BCUT2D eigenvalue weighted by Crippen LogP contribution is -2.44. The van der Waals surface area contributed by atoms with Crippen molar-refractivity contribution in [1.29, 1.82) is 0 Å². The van der Waals surface area contributed by atoms with Gasteiger partial charge in [-0.05, 0) is 70.0 Å². The molecule has 2 aliphatic rings. The minimum atomic E-state index is 0.0785. The fourth-order valence-electron chi connectivity index (χ4n) is 4.25. The maximum absolute atomic E-state index is 12.3. The number of carbonyl (C=O) groups is 1. The van der Waals surface area contributed by atoms with Gasteiger partial charge in [-0.2, -0.15) is 0 Å². The summed E-state index contributed by atoms with van der Waals surface area (Å²) in [5, 5.41) is 6.53. The molecule has 0 atom stereocenters. The van der Waals surface area contributed by atoms with Crippen molar-refractivity contribution >= 4 is 17.8 Å². The van der Waals surface area contributed by atoms with Crippen LogP contribution in [0.1, 0.15) is 39.5 Å². The first-order valence-corrected chi connectivity index (χ1v) is 13.4. The van der Waals surface area contributed by atoms with Gasteiger partial charge in [-0.1, -0.05) is 6.92 Å². The van der Waals surface area contributed by atoms with Crippen molar-refractivity contribution in [2.75, 3.05) is 71.5 Å². The largest absolute Gasteiger partial charge is 0.493 e. The smallest absolute Gasteiger partial charge is 0.242 e. The zero-order valence-electron chi connectivity index (χ0n) is 22.6. The minimum absolute atomic E-state index is 0.0785. The highest BCUT2D eigenvalue weighted by molar-refractivity contribution is 5.79. The molecule has 0 aliphatic carbocycles. The van der Waals surface area contributed by atoms with Crippen molar-refractivity contribution < 1.29 is 19.0 Å². The number of hydrogen-bond donors (Lipinski definition) is 2. The topological polar surface area (TPSA) is 87.7 Å². The number of methoxy groups -OCH3 is 1. The number of morpholine rings is 1. The van der Waals surface area contributed by atoms with Crippen LogP contribution >= 0.6 is 0 Å². The van der Waals surface area contributed by atoms with Gasteiger partial charge in [0.1, 0.15) is 5.82 Å². The van der Waals surface area contributed by atoms with Crippen molar-refractivity contribution in [3.05, 3.63) is 41.9 Å². The van der Waals surface area contributed by atoms with E-state index >= 15 is 0 Å². The van der Waals surface area contributed by atoms with Crippen LogP contribution < -0.4 is 20.1 Å². The molecule has 0 spiro atoms. The molecule has 0 radical (unpaired) electrons. The predicted octanol–water partition coefficient (Wildman–Crippen LogP) is 3.65. The summed E-state index contributed by atoms with van der Waals surface area (Å²) in [5.41, 5.74) is 1.75. The van der Waals surface area contributed by atoms with Gasteiger partial charge >= 0.3 is 0 Å². The van der Waals surface area contributed by atoms with Crippen LogP contribution in [0.15, 0.2) is 46.9 Å². The van der Waals surface area contributed by atoms with Crippen molar-refractivity contribution in [3.63, 3.8) is 0 Å². The zero-order chi connectivity index (χ0) is 26.3. The molecule has 2 saturated heterocycles. The van der Waals surface area contributed by atoms with Gasteiger partial charge in [0.2, 0.25) is 5.91 Å². The molecule has 0 aromatic heterocycles. The Morgan fingerprint density at radius 3 is 2.68 bits per heavy atom. The second kappa shape index (κ2) is 15.9. The van der Waals surface area contributed by atoms with Gasteiger partial charge in [0.05, 0.1) is 33.5 Å². The van der Waals surface area contributed by atoms with E-state index in [0.717, 1.165) is 42.3 Å². The molecule has 0 bridgehead atoms. The second-order valence-corrected chi connectivity index (χ2v) is 9.21. The van der Waals surface area contributed by atoms with E-state index in [9.17, 15) is 4.79 Å². The van der Waals surface area contributed by atoms with E-state index in [4.69, 9.17) is 14.2 Å². The third-order valence-corrected chi connectivity index (χ3v) is 6.33. The predicted molar refractivity (Wildman–Crippen MR) is 148 cm³/mol. The van der Waals surface area contributed by atoms with Crippen LogP contribution in [0.25, 0.3) is 0 Å². The Balaban J connectivity index is 1.51. The van der Waals surface area contributed by atoms with Crippen LogP contribution in [0.5, 0.6) is 11.5 Å². The molecule has 2 N–H and O–H groups in total.